The van der Waals surface area contributed by atoms with Crippen LogP contribution >= 0.6 is 0 Å². The summed E-state index contributed by atoms with van der Waals surface area (Å²) in [6, 6.07) is 0. The maximum absolute atomic E-state index is 12.2. The Labute approximate surface area is 108 Å². The number of rotatable bonds is 3. The third-order valence-electron chi connectivity index (χ3n) is 5.85. The van der Waals surface area contributed by atoms with Crippen molar-refractivity contribution in [2.75, 3.05) is 19.6 Å². The lowest BCUT2D eigenvalue weighted by molar-refractivity contribution is -0.124. The molecular formula is C14H22N2O2. The van der Waals surface area contributed by atoms with Crippen LogP contribution in [0, 0.1) is 29.6 Å². The van der Waals surface area contributed by atoms with Crippen LogP contribution in [-0.4, -0.2) is 36.2 Å². The third-order valence-corrected chi connectivity index (χ3v) is 5.85. The molecule has 0 aromatic rings. The van der Waals surface area contributed by atoms with Gasteiger partial charge in [-0.05, 0) is 55.9 Å². The van der Waals surface area contributed by atoms with Crippen molar-refractivity contribution < 1.29 is 9.90 Å². The Morgan fingerprint density at radius 1 is 1.33 bits per heavy atom. The first-order valence-corrected chi connectivity index (χ1v) is 7.39. The lowest BCUT2D eigenvalue weighted by atomic mass is 10.0. The van der Waals surface area contributed by atoms with Crippen molar-refractivity contribution >= 4 is 5.91 Å². The molecular weight excluding hydrogens is 228 g/mol. The number of fused-ring (bicyclic) bond motifs is 5. The van der Waals surface area contributed by atoms with Crippen molar-refractivity contribution in [1.82, 2.24) is 10.6 Å². The predicted molar refractivity (Wildman–Crippen MR) is 66.7 cm³/mol. The average Bonchev–Trinajstić information content (AvgIpc) is 2.72. The Hall–Kier alpha value is -0.610. The largest absolute Gasteiger partial charge is 0.387 e. The van der Waals surface area contributed by atoms with Gasteiger partial charge in [0.15, 0.2) is 0 Å². The van der Waals surface area contributed by atoms with Gasteiger partial charge in [0.05, 0.1) is 5.60 Å². The minimum absolute atomic E-state index is 0.210. The number of β-amino-alcohol motifs (C(OH)–C–C–N with tert-alkyl or cyclic N) is 1. The minimum Gasteiger partial charge on any atom is -0.387 e. The number of carbonyl (C=O) groups excluding carboxylic acids is 1. The first kappa shape index (κ1) is 11.2. The summed E-state index contributed by atoms with van der Waals surface area (Å²) in [4.78, 5) is 12.2. The average molecular weight is 250 g/mol. The summed E-state index contributed by atoms with van der Waals surface area (Å²) in [6.07, 6.45) is 4.83. The molecule has 0 aromatic heterocycles. The summed E-state index contributed by atoms with van der Waals surface area (Å²) in [5.41, 5.74) is -0.710. The predicted octanol–water partition coefficient (Wildman–Crippen LogP) is 0.119. The van der Waals surface area contributed by atoms with E-state index in [1.807, 2.05) is 0 Å². The zero-order valence-corrected chi connectivity index (χ0v) is 10.7. The number of amides is 1. The van der Waals surface area contributed by atoms with Crippen LogP contribution in [0.1, 0.15) is 25.7 Å². The molecule has 100 valence electrons. The van der Waals surface area contributed by atoms with E-state index in [0.29, 0.717) is 24.9 Å². The number of nitrogens with one attached hydrogen (secondary N) is 2. The Bertz CT molecular complexity index is 362. The van der Waals surface area contributed by atoms with Crippen molar-refractivity contribution in [1.29, 1.82) is 0 Å². The van der Waals surface area contributed by atoms with Gasteiger partial charge in [-0.15, -0.1) is 0 Å². The number of carbonyl (C=O) groups is 1. The van der Waals surface area contributed by atoms with Gasteiger partial charge in [0.2, 0.25) is 5.91 Å². The highest BCUT2D eigenvalue weighted by atomic mass is 16.3. The van der Waals surface area contributed by atoms with Crippen LogP contribution in [0.25, 0.3) is 0 Å². The minimum atomic E-state index is -0.710. The van der Waals surface area contributed by atoms with Crippen molar-refractivity contribution in [2.45, 2.75) is 31.3 Å². The second-order valence-corrected chi connectivity index (χ2v) is 6.88. The Morgan fingerprint density at radius 2 is 2.06 bits per heavy atom. The molecule has 0 aromatic carbocycles. The molecule has 5 atom stereocenters. The zero-order valence-electron chi connectivity index (χ0n) is 10.7. The molecule has 4 aliphatic rings. The van der Waals surface area contributed by atoms with Crippen LogP contribution in [0.4, 0.5) is 0 Å². The first-order chi connectivity index (χ1) is 8.68. The molecule has 3 saturated carbocycles. The lowest BCUT2D eigenvalue weighted by Gasteiger charge is -2.22. The molecule has 3 aliphatic carbocycles. The van der Waals surface area contributed by atoms with Gasteiger partial charge in [-0.25, -0.2) is 0 Å². The summed E-state index contributed by atoms with van der Waals surface area (Å²) in [7, 11) is 0. The normalized spacial score (nSPS) is 52.4. The van der Waals surface area contributed by atoms with Crippen LogP contribution < -0.4 is 10.6 Å². The van der Waals surface area contributed by atoms with Gasteiger partial charge in [0.1, 0.15) is 0 Å². The van der Waals surface area contributed by atoms with Crippen molar-refractivity contribution in [3.8, 4) is 0 Å². The van der Waals surface area contributed by atoms with Gasteiger partial charge in [0, 0.05) is 19.0 Å². The van der Waals surface area contributed by atoms with Gasteiger partial charge in [-0.3, -0.25) is 4.79 Å². The van der Waals surface area contributed by atoms with Crippen LogP contribution in [-0.2, 0) is 4.79 Å². The molecule has 2 bridgehead atoms. The van der Waals surface area contributed by atoms with Crippen molar-refractivity contribution in [3.05, 3.63) is 0 Å². The summed E-state index contributed by atoms with van der Waals surface area (Å²) in [6.45, 7) is 1.88. The SMILES string of the molecule is O=C(NCC1(O)CCNC1)C1C2C3CCC(C3)C12. The summed E-state index contributed by atoms with van der Waals surface area (Å²) < 4.78 is 0. The van der Waals surface area contributed by atoms with Gasteiger partial charge in [0.25, 0.3) is 0 Å². The van der Waals surface area contributed by atoms with E-state index in [9.17, 15) is 9.90 Å². The number of aliphatic hydroxyl groups is 1. The third kappa shape index (κ3) is 1.55. The fourth-order valence-corrected chi connectivity index (χ4v) is 4.93. The topological polar surface area (TPSA) is 61.4 Å². The molecule has 4 fully saturated rings. The molecule has 0 spiro atoms. The molecule has 4 rings (SSSR count). The standard InChI is InChI=1S/C14H22N2O2/c17-13(16-7-14(18)3-4-15-6-14)12-10-8-1-2-9(5-8)11(10)12/h8-12,15,18H,1-7H2,(H,16,17). The molecule has 4 nitrogen and oxygen atoms in total. The van der Waals surface area contributed by atoms with E-state index in [1.165, 1.54) is 19.3 Å². The van der Waals surface area contributed by atoms with E-state index >= 15 is 0 Å². The van der Waals surface area contributed by atoms with Gasteiger partial charge >= 0.3 is 0 Å². The highest BCUT2D eigenvalue weighted by Crippen LogP contribution is 2.69. The quantitative estimate of drug-likeness (QED) is 0.667. The Balaban J connectivity index is 1.33. The summed E-state index contributed by atoms with van der Waals surface area (Å²) >= 11 is 0. The second-order valence-electron chi connectivity index (χ2n) is 6.88. The molecule has 0 radical (unpaired) electrons. The molecule has 5 unspecified atom stereocenters. The maximum Gasteiger partial charge on any atom is 0.223 e. The van der Waals surface area contributed by atoms with Crippen LogP contribution in [0.5, 0.6) is 0 Å². The molecule has 1 heterocycles. The van der Waals surface area contributed by atoms with E-state index < -0.39 is 5.60 Å². The van der Waals surface area contributed by atoms with Crippen molar-refractivity contribution in [3.63, 3.8) is 0 Å². The molecule has 1 aliphatic heterocycles. The van der Waals surface area contributed by atoms with Crippen LogP contribution in [0.2, 0.25) is 0 Å². The monoisotopic (exact) mass is 250 g/mol. The molecule has 18 heavy (non-hydrogen) atoms. The van der Waals surface area contributed by atoms with Gasteiger partial charge in [-0.2, -0.15) is 0 Å². The van der Waals surface area contributed by atoms with Crippen LogP contribution in [0.3, 0.4) is 0 Å². The van der Waals surface area contributed by atoms with E-state index in [1.54, 1.807) is 0 Å². The fourth-order valence-electron chi connectivity index (χ4n) is 4.93. The first-order valence-electron chi connectivity index (χ1n) is 7.39. The highest BCUT2D eigenvalue weighted by Gasteiger charge is 2.67. The zero-order chi connectivity index (χ0) is 12.3. The maximum atomic E-state index is 12.2. The number of hydrogen-bond acceptors (Lipinski definition) is 3. The summed E-state index contributed by atoms with van der Waals surface area (Å²) in [5, 5.41) is 16.3. The molecule has 4 heteroatoms. The van der Waals surface area contributed by atoms with Crippen molar-refractivity contribution in [2.24, 2.45) is 29.6 Å². The van der Waals surface area contributed by atoms with Gasteiger partial charge in [-0.1, -0.05) is 0 Å². The van der Waals surface area contributed by atoms with E-state index in [2.05, 4.69) is 10.6 Å². The smallest absolute Gasteiger partial charge is 0.223 e. The number of hydrogen-bond donors (Lipinski definition) is 3. The lowest BCUT2D eigenvalue weighted by Crippen LogP contribution is -2.45. The van der Waals surface area contributed by atoms with E-state index in [-0.39, 0.29) is 11.8 Å². The second kappa shape index (κ2) is 3.70. The fraction of sp³-hybridized carbons (Fsp3) is 0.929. The van der Waals surface area contributed by atoms with E-state index in [4.69, 9.17) is 0 Å². The molecule has 1 amide bonds. The van der Waals surface area contributed by atoms with E-state index in [0.717, 1.165) is 24.8 Å². The van der Waals surface area contributed by atoms with Gasteiger partial charge < -0.3 is 15.7 Å². The Kier molecular flexibility index (Phi) is 2.31. The molecule has 1 saturated heterocycles. The van der Waals surface area contributed by atoms with Crippen LogP contribution in [0.15, 0.2) is 0 Å². The molecule has 3 N–H and O–H groups in total. The Morgan fingerprint density at radius 3 is 2.67 bits per heavy atom. The highest BCUT2D eigenvalue weighted by molar-refractivity contribution is 5.82. The summed E-state index contributed by atoms with van der Waals surface area (Å²) in [5.74, 6) is 3.57.